The third-order valence-electron chi connectivity index (χ3n) is 6.98. The van der Waals surface area contributed by atoms with Crippen LogP contribution < -0.4 is 10.6 Å². The molecule has 0 aliphatic carbocycles. The maximum Gasteiger partial charge on any atom is 0.329 e. The SMILES string of the molecule is CC(C)[C@H](NC(=O)N1CCC(NCC(=O)OC(C)(C)C)CC1)C(=O)N1CCC[C@H]1C(=O)OCc1ccccc1. The highest BCUT2D eigenvalue weighted by Gasteiger charge is 2.40. The van der Waals surface area contributed by atoms with Gasteiger partial charge >= 0.3 is 18.0 Å². The number of ether oxygens (including phenoxy) is 2. The lowest BCUT2D eigenvalue weighted by Gasteiger charge is -2.35. The number of likely N-dealkylation sites (tertiary alicyclic amines) is 2. The molecule has 0 saturated carbocycles. The summed E-state index contributed by atoms with van der Waals surface area (Å²) in [6.07, 6.45) is 2.64. The summed E-state index contributed by atoms with van der Waals surface area (Å²) in [5.74, 6) is -1.13. The van der Waals surface area contributed by atoms with Crippen molar-refractivity contribution in [3.05, 3.63) is 35.9 Å². The molecule has 1 aromatic carbocycles. The Morgan fingerprint density at radius 2 is 1.67 bits per heavy atom. The molecule has 2 N–H and O–H groups in total. The van der Waals surface area contributed by atoms with Gasteiger partial charge in [-0.3, -0.25) is 9.59 Å². The first-order chi connectivity index (χ1) is 18.4. The molecule has 3 rings (SSSR count). The molecule has 2 saturated heterocycles. The molecular weight excluding hydrogens is 500 g/mol. The van der Waals surface area contributed by atoms with Crippen LogP contribution >= 0.6 is 0 Å². The summed E-state index contributed by atoms with van der Waals surface area (Å²) >= 11 is 0. The minimum absolute atomic E-state index is 0.108. The largest absolute Gasteiger partial charge is 0.459 e. The summed E-state index contributed by atoms with van der Waals surface area (Å²) in [5, 5.41) is 6.14. The molecule has 39 heavy (non-hydrogen) atoms. The number of rotatable bonds is 9. The molecule has 0 unspecified atom stereocenters. The van der Waals surface area contributed by atoms with Crippen molar-refractivity contribution in [2.24, 2.45) is 5.92 Å². The van der Waals surface area contributed by atoms with E-state index in [-0.39, 0.29) is 43.0 Å². The van der Waals surface area contributed by atoms with Crippen LogP contribution in [0.25, 0.3) is 0 Å². The molecule has 2 atom stereocenters. The molecule has 10 heteroatoms. The van der Waals surface area contributed by atoms with Crippen LogP contribution in [0.4, 0.5) is 4.79 Å². The molecule has 0 radical (unpaired) electrons. The van der Waals surface area contributed by atoms with Crippen LogP contribution in [0, 0.1) is 5.92 Å². The number of carbonyl (C=O) groups excluding carboxylic acids is 4. The number of hydrogen-bond acceptors (Lipinski definition) is 7. The number of amides is 3. The average Bonchev–Trinajstić information content (AvgIpc) is 3.39. The summed E-state index contributed by atoms with van der Waals surface area (Å²) in [5.41, 5.74) is 0.361. The van der Waals surface area contributed by atoms with Gasteiger partial charge in [0.1, 0.15) is 24.3 Å². The maximum atomic E-state index is 13.5. The minimum Gasteiger partial charge on any atom is -0.459 e. The highest BCUT2D eigenvalue weighted by molar-refractivity contribution is 5.91. The molecule has 0 spiro atoms. The topological polar surface area (TPSA) is 117 Å². The molecule has 1 aromatic rings. The van der Waals surface area contributed by atoms with E-state index < -0.39 is 23.7 Å². The molecule has 2 heterocycles. The number of urea groups is 1. The molecule has 10 nitrogen and oxygen atoms in total. The van der Waals surface area contributed by atoms with Crippen LogP contribution in [0.5, 0.6) is 0 Å². The number of esters is 2. The number of carbonyl (C=O) groups is 4. The lowest BCUT2D eigenvalue weighted by molar-refractivity contribution is -0.155. The van der Waals surface area contributed by atoms with Crippen LogP contribution in [0.1, 0.15) is 65.9 Å². The fourth-order valence-electron chi connectivity index (χ4n) is 4.91. The Balaban J connectivity index is 1.49. The van der Waals surface area contributed by atoms with Crippen molar-refractivity contribution < 1.29 is 28.7 Å². The molecule has 0 bridgehead atoms. The first kappa shape index (κ1) is 30.4. The van der Waals surface area contributed by atoms with Crippen LogP contribution in [-0.4, -0.2) is 83.6 Å². The third kappa shape index (κ3) is 9.23. The Morgan fingerprint density at radius 1 is 1.00 bits per heavy atom. The molecule has 2 fully saturated rings. The number of benzene rings is 1. The second-order valence-corrected chi connectivity index (χ2v) is 11.7. The smallest absolute Gasteiger partial charge is 0.329 e. The number of hydrogen-bond donors (Lipinski definition) is 2. The van der Waals surface area contributed by atoms with Gasteiger partial charge in [-0.05, 0) is 57.9 Å². The van der Waals surface area contributed by atoms with Gasteiger partial charge in [-0.25, -0.2) is 9.59 Å². The molecular formula is C29H44N4O6. The standard InChI is InChI=1S/C29H44N4O6/c1-20(2)25(26(35)33-15-9-12-23(33)27(36)38-19-21-10-7-6-8-11-21)31-28(37)32-16-13-22(14-17-32)30-18-24(34)39-29(3,4)5/h6-8,10-11,20,22-23,25,30H,9,12-19H2,1-5H3,(H,31,37)/t23-,25-/m0/s1. The zero-order valence-corrected chi connectivity index (χ0v) is 23.9. The van der Waals surface area contributed by atoms with Crippen LogP contribution in [-0.2, 0) is 30.5 Å². The monoisotopic (exact) mass is 544 g/mol. The predicted octanol–water partition coefficient (Wildman–Crippen LogP) is 2.85. The van der Waals surface area contributed by atoms with E-state index in [4.69, 9.17) is 9.47 Å². The zero-order chi connectivity index (χ0) is 28.6. The van der Waals surface area contributed by atoms with E-state index >= 15 is 0 Å². The van der Waals surface area contributed by atoms with Gasteiger partial charge in [-0.15, -0.1) is 0 Å². The number of nitrogens with zero attached hydrogens (tertiary/aromatic N) is 2. The van der Waals surface area contributed by atoms with E-state index in [1.54, 1.807) is 9.80 Å². The molecule has 3 amide bonds. The van der Waals surface area contributed by atoms with Gasteiger partial charge in [-0.1, -0.05) is 44.2 Å². The van der Waals surface area contributed by atoms with E-state index in [2.05, 4.69) is 10.6 Å². The van der Waals surface area contributed by atoms with Crippen LogP contribution in [0.15, 0.2) is 30.3 Å². The van der Waals surface area contributed by atoms with Gasteiger partial charge in [-0.2, -0.15) is 0 Å². The number of piperidine rings is 1. The van der Waals surface area contributed by atoms with Crippen molar-refractivity contribution in [2.45, 2.75) is 90.6 Å². The Hall–Kier alpha value is -3.14. The quantitative estimate of drug-likeness (QED) is 0.459. The first-order valence-corrected chi connectivity index (χ1v) is 14.0. The fourth-order valence-corrected chi connectivity index (χ4v) is 4.91. The fraction of sp³-hybridized carbons (Fsp3) is 0.655. The minimum atomic E-state index is -0.747. The van der Waals surface area contributed by atoms with Gasteiger partial charge in [0, 0.05) is 25.7 Å². The van der Waals surface area contributed by atoms with E-state index in [0.717, 1.165) is 5.56 Å². The Bertz CT molecular complexity index is 985. The van der Waals surface area contributed by atoms with Gasteiger partial charge in [0.25, 0.3) is 0 Å². The third-order valence-corrected chi connectivity index (χ3v) is 6.98. The zero-order valence-electron chi connectivity index (χ0n) is 23.9. The van der Waals surface area contributed by atoms with Gasteiger partial charge < -0.3 is 29.9 Å². The molecule has 2 aliphatic heterocycles. The highest BCUT2D eigenvalue weighted by Crippen LogP contribution is 2.22. The summed E-state index contributed by atoms with van der Waals surface area (Å²) < 4.78 is 10.8. The summed E-state index contributed by atoms with van der Waals surface area (Å²) in [6.45, 7) is 11.0. The van der Waals surface area contributed by atoms with Crippen molar-refractivity contribution in [1.29, 1.82) is 0 Å². The average molecular weight is 545 g/mol. The molecule has 216 valence electrons. The second kappa shape index (κ2) is 13.8. The second-order valence-electron chi connectivity index (χ2n) is 11.7. The molecule has 0 aromatic heterocycles. The maximum absolute atomic E-state index is 13.5. The van der Waals surface area contributed by atoms with Crippen LogP contribution in [0.2, 0.25) is 0 Å². The molecule has 2 aliphatic rings. The van der Waals surface area contributed by atoms with Gasteiger partial charge in [0.2, 0.25) is 5.91 Å². The van der Waals surface area contributed by atoms with Crippen molar-refractivity contribution in [1.82, 2.24) is 20.4 Å². The van der Waals surface area contributed by atoms with Crippen molar-refractivity contribution in [2.75, 3.05) is 26.2 Å². The van der Waals surface area contributed by atoms with Crippen LogP contribution in [0.3, 0.4) is 0 Å². The van der Waals surface area contributed by atoms with E-state index in [1.807, 2.05) is 65.0 Å². The Kier molecular flexibility index (Phi) is 10.7. The van der Waals surface area contributed by atoms with E-state index in [9.17, 15) is 19.2 Å². The Labute approximate surface area is 231 Å². The summed E-state index contributed by atoms with van der Waals surface area (Å²) in [6, 6.07) is 7.85. The normalized spacial score (nSPS) is 19.1. The Morgan fingerprint density at radius 3 is 2.28 bits per heavy atom. The van der Waals surface area contributed by atoms with E-state index in [0.29, 0.717) is 45.3 Å². The van der Waals surface area contributed by atoms with Crippen molar-refractivity contribution >= 4 is 23.9 Å². The summed E-state index contributed by atoms with van der Waals surface area (Å²) in [7, 11) is 0. The predicted molar refractivity (Wildman–Crippen MR) is 147 cm³/mol. The lowest BCUT2D eigenvalue weighted by atomic mass is 10.0. The van der Waals surface area contributed by atoms with Gasteiger partial charge in [0.05, 0.1) is 6.54 Å². The number of nitrogens with one attached hydrogen (secondary N) is 2. The summed E-state index contributed by atoms with van der Waals surface area (Å²) in [4.78, 5) is 54.7. The van der Waals surface area contributed by atoms with Gasteiger partial charge in [0.15, 0.2) is 0 Å². The van der Waals surface area contributed by atoms with Crippen molar-refractivity contribution in [3.63, 3.8) is 0 Å². The first-order valence-electron chi connectivity index (χ1n) is 14.0. The lowest BCUT2D eigenvalue weighted by Crippen LogP contribution is -2.57. The highest BCUT2D eigenvalue weighted by atomic mass is 16.6. The van der Waals surface area contributed by atoms with E-state index in [1.165, 1.54) is 0 Å². The van der Waals surface area contributed by atoms with Crippen molar-refractivity contribution in [3.8, 4) is 0 Å².